The van der Waals surface area contributed by atoms with Gasteiger partial charge in [-0.05, 0) is 36.8 Å². The first-order valence-corrected chi connectivity index (χ1v) is 18.8. The lowest BCUT2D eigenvalue weighted by atomic mass is 10.2. The molecule has 0 saturated carbocycles. The Morgan fingerprint density at radius 2 is 1.96 bits per heavy atom. The Labute approximate surface area is 290 Å². The van der Waals surface area contributed by atoms with Gasteiger partial charge in [0.15, 0.2) is 26.0 Å². The zero-order valence-corrected chi connectivity index (χ0v) is 28.9. The highest BCUT2D eigenvalue weighted by molar-refractivity contribution is 8.07. The van der Waals surface area contributed by atoms with Crippen molar-refractivity contribution in [2.45, 2.75) is 56.5 Å². The van der Waals surface area contributed by atoms with Crippen LogP contribution >= 0.6 is 15.8 Å². The lowest BCUT2D eigenvalue weighted by Gasteiger charge is -2.22. The topological polar surface area (TPSA) is 227 Å². The second kappa shape index (κ2) is 16.5. The van der Waals surface area contributed by atoms with Crippen molar-refractivity contribution in [1.82, 2.24) is 29.1 Å². The lowest BCUT2D eigenvalue weighted by Crippen LogP contribution is -2.31. The second-order valence-electron chi connectivity index (χ2n) is 11.1. The van der Waals surface area contributed by atoms with E-state index < -0.39 is 51.7 Å². The number of benzene rings is 1. The molecule has 3 aromatic heterocycles. The summed E-state index contributed by atoms with van der Waals surface area (Å²) in [7, 11) is -0.434. The van der Waals surface area contributed by atoms with Crippen molar-refractivity contribution >= 4 is 50.4 Å². The number of nitriles is 1. The molecule has 50 heavy (non-hydrogen) atoms. The minimum absolute atomic E-state index is 0.0327. The Balaban J connectivity index is 1.10. The predicted octanol–water partition coefficient (Wildman–Crippen LogP) is 2.67. The van der Waals surface area contributed by atoms with Gasteiger partial charge in [0.1, 0.15) is 24.9 Å². The predicted molar refractivity (Wildman–Crippen MR) is 180 cm³/mol. The Morgan fingerprint density at radius 1 is 1.12 bits per heavy atom. The summed E-state index contributed by atoms with van der Waals surface area (Å²) in [5.41, 5.74) is 0.162. The molecule has 5 heterocycles. The van der Waals surface area contributed by atoms with Crippen LogP contribution in [0.4, 0.5) is 5.82 Å². The second-order valence-corrected chi connectivity index (χ2v) is 14.6. The molecular formula is C29H32N8O10P2S. The lowest BCUT2D eigenvalue weighted by molar-refractivity contribution is -0.0387. The number of hydrogen-bond acceptors (Lipinski definition) is 14. The number of carbonyl (C=O) groups is 1. The fourth-order valence-corrected chi connectivity index (χ4v) is 7.20. The summed E-state index contributed by atoms with van der Waals surface area (Å²) >= 11 is 5.09. The first-order chi connectivity index (χ1) is 24.2. The Kier molecular flexibility index (Phi) is 11.9. The molecule has 2 aliphatic heterocycles. The van der Waals surface area contributed by atoms with Gasteiger partial charge in [0, 0.05) is 24.2 Å². The van der Waals surface area contributed by atoms with E-state index in [-0.39, 0.29) is 44.1 Å². The maximum Gasteiger partial charge on any atom is 0.330 e. The van der Waals surface area contributed by atoms with Crippen LogP contribution in [0, 0.1) is 11.3 Å². The third kappa shape index (κ3) is 8.92. The third-order valence-electron chi connectivity index (χ3n) is 7.76. The smallest absolute Gasteiger partial charge is 0.330 e. The van der Waals surface area contributed by atoms with E-state index in [9.17, 15) is 19.3 Å². The number of aromatic amines is 1. The monoisotopic (exact) mass is 746 g/mol. The molecule has 18 nitrogen and oxygen atoms in total. The average Bonchev–Trinajstić information content (AvgIpc) is 3.85. The highest BCUT2D eigenvalue weighted by Crippen LogP contribution is 2.45. The van der Waals surface area contributed by atoms with Gasteiger partial charge in [0.2, 0.25) is 0 Å². The number of H-pyrrole nitrogens is 1. The number of ether oxygens (including phenoxy) is 2. The maximum atomic E-state index is 12.8. The van der Waals surface area contributed by atoms with Gasteiger partial charge < -0.3 is 37.8 Å². The fourth-order valence-electron chi connectivity index (χ4n) is 5.37. The summed E-state index contributed by atoms with van der Waals surface area (Å²) in [6, 6.07) is 11.9. The van der Waals surface area contributed by atoms with Gasteiger partial charge in [-0.1, -0.05) is 18.2 Å². The Bertz CT molecular complexity index is 2010. The molecule has 0 spiro atoms. The normalized spacial score (nSPS) is 23.3. The SMILES string of the molecule is N#CCCOP(O)(=S)OC[C@H]1O[C@@H](n2cnc3c(NC(=O)c4ccccc4)ncnc32)C[C@@H]1OPOC[C@@H]1CC[C@H](n2ccc(=O)[nH]c2=O)O1. The molecule has 1 amide bonds. The average molecular weight is 747 g/mol. The number of fused-ring (bicyclic) bond motifs is 1. The van der Waals surface area contributed by atoms with Gasteiger partial charge in [-0.15, -0.1) is 0 Å². The summed E-state index contributed by atoms with van der Waals surface area (Å²) in [6.07, 6.45) is 2.93. The largest absolute Gasteiger partial charge is 0.352 e. The summed E-state index contributed by atoms with van der Waals surface area (Å²) in [5, 5.41) is 11.6. The number of hydrogen-bond donors (Lipinski definition) is 3. The third-order valence-corrected chi connectivity index (χ3v) is 10.1. The minimum atomic E-state index is -3.67. The van der Waals surface area contributed by atoms with Crippen LogP contribution in [0.2, 0.25) is 0 Å². The van der Waals surface area contributed by atoms with Gasteiger partial charge in [0.05, 0.1) is 50.8 Å². The van der Waals surface area contributed by atoms with Crippen molar-refractivity contribution in [1.29, 1.82) is 5.26 Å². The van der Waals surface area contributed by atoms with Crippen LogP contribution in [-0.2, 0) is 39.4 Å². The molecule has 2 aliphatic rings. The molecule has 2 fully saturated rings. The van der Waals surface area contributed by atoms with Crippen LogP contribution in [0.3, 0.4) is 0 Å². The van der Waals surface area contributed by atoms with Crippen LogP contribution < -0.4 is 16.6 Å². The van der Waals surface area contributed by atoms with Gasteiger partial charge in [-0.3, -0.25) is 23.7 Å². The van der Waals surface area contributed by atoms with E-state index in [0.29, 0.717) is 36.0 Å². The number of nitrogens with zero attached hydrogens (tertiary/aromatic N) is 6. The van der Waals surface area contributed by atoms with Crippen molar-refractivity contribution < 1.29 is 37.3 Å². The van der Waals surface area contributed by atoms with Crippen molar-refractivity contribution in [3.05, 3.63) is 81.7 Å². The van der Waals surface area contributed by atoms with Crippen molar-refractivity contribution in [2.75, 3.05) is 25.1 Å². The van der Waals surface area contributed by atoms with E-state index in [4.69, 9.17) is 44.6 Å². The molecule has 0 bridgehead atoms. The van der Waals surface area contributed by atoms with Crippen LogP contribution in [0.15, 0.2) is 64.8 Å². The number of aromatic nitrogens is 6. The number of imidazole rings is 1. The van der Waals surface area contributed by atoms with Crippen LogP contribution in [0.5, 0.6) is 0 Å². The first kappa shape index (κ1) is 36.0. The van der Waals surface area contributed by atoms with Gasteiger partial charge in [0.25, 0.3) is 11.5 Å². The summed E-state index contributed by atoms with van der Waals surface area (Å²) in [5.74, 6) is -0.134. The van der Waals surface area contributed by atoms with Crippen LogP contribution in [0.1, 0.15) is 48.5 Å². The molecule has 2 unspecified atom stereocenters. The summed E-state index contributed by atoms with van der Waals surface area (Å²) in [6.45, 7) is -3.75. The Morgan fingerprint density at radius 3 is 2.76 bits per heavy atom. The molecule has 0 aliphatic carbocycles. The van der Waals surface area contributed by atoms with Crippen molar-refractivity contribution in [3.8, 4) is 6.07 Å². The number of anilines is 1. The minimum Gasteiger partial charge on any atom is -0.352 e. The molecule has 4 aromatic rings. The van der Waals surface area contributed by atoms with Crippen molar-refractivity contribution in [2.24, 2.45) is 0 Å². The zero-order chi connectivity index (χ0) is 35.1. The highest BCUT2D eigenvalue weighted by atomic mass is 32.5. The van der Waals surface area contributed by atoms with Crippen LogP contribution in [-0.4, -0.2) is 78.0 Å². The van der Waals surface area contributed by atoms with E-state index in [1.54, 1.807) is 28.8 Å². The summed E-state index contributed by atoms with van der Waals surface area (Å²) in [4.78, 5) is 62.0. The number of carbonyl (C=O) groups excluding carboxylic acids is 1. The van der Waals surface area contributed by atoms with E-state index in [1.165, 1.54) is 29.5 Å². The van der Waals surface area contributed by atoms with E-state index in [0.717, 1.165) is 0 Å². The molecule has 264 valence electrons. The Hall–Kier alpha value is -3.79. The maximum absolute atomic E-state index is 12.8. The first-order valence-electron chi connectivity index (χ1n) is 15.4. The fraction of sp³-hybridized carbons (Fsp3) is 0.414. The van der Waals surface area contributed by atoms with Crippen molar-refractivity contribution in [3.63, 3.8) is 0 Å². The molecule has 2 saturated heterocycles. The zero-order valence-electron chi connectivity index (χ0n) is 26.2. The molecule has 0 radical (unpaired) electrons. The quantitative estimate of drug-likeness (QED) is 0.117. The number of rotatable bonds is 15. The molecule has 1 aromatic carbocycles. The molecule has 6 rings (SSSR count). The van der Waals surface area contributed by atoms with E-state index in [2.05, 4.69) is 25.3 Å². The number of amides is 1. The molecule has 21 heteroatoms. The van der Waals surface area contributed by atoms with Gasteiger partial charge >= 0.3 is 12.4 Å². The highest BCUT2D eigenvalue weighted by Gasteiger charge is 2.39. The van der Waals surface area contributed by atoms with E-state index in [1.807, 2.05) is 12.1 Å². The summed E-state index contributed by atoms with van der Waals surface area (Å²) < 4.78 is 37.9. The van der Waals surface area contributed by atoms with Gasteiger partial charge in [-0.2, -0.15) is 5.26 Å². The molecule has 7 atom stereocenters. The molecule has 3 N–H and O–H groups in total. The van der Waals surface area contributed by atoms with Gasteiger partial charge in [-0.25, -0.2) is 19.7 Å². The number of nitrogens with one attached hydrogen (secondary N) is 2. The molecular weight excluding hydrogens is 714 g/mol. The van der Waals surface area contributed by atoms with Crippen LogP contribution in [0.25, 0.3) is 11.2 Å². The van der Waals surface area contributed by atoms with E-state index >= 15 is 0 Å². The standard InChI is InChI=1S/C29H32N8O10P2S/c30-10-4-12-43-49(41,50)44-15-21-20(47-48-42-14-19-7-8-23(45-19)36-11-9-22(38)34-29(36)40)13-24(46-21)37-17-33-25-26(31-16-32-27(25)37)35-28(39)18-5-2-1-3-6-18/h1-3,5-6,9,11,16-17,19-21,23-24,48H,4,7-8,12-15H2,(H,41,50)(H,34,38,40)(H,31,32,35,39)/t19-,20-,21+,23+,24+,49?/m0/s1.